The lowest BCUT2D eigenvalue weighted by molar-refractivity contribution is -0.202. The summed E-state index contributed by atoms with van der Waals surface area (Å²) in [6.07, 6.45) is -2.21. The Hall–Kier alpha value is -1.84. The van der Waals surface area contributed by atoms with E-state index in [9.17, 15) is 26.4 Å². The molecule has 0 aliphatic rings. The predicted molar refractivity (Wildman–Crippen MR) is 124 cm³/mol. The fourth-order valence-electron chi connectivity index (χ4n) is 2.36. The molecule has 0 aliphatic carbocycles. The number of ether oxygens (including phenoxy) is 1. The van der Waals surface area contributed by atoms with Crippen LogP contribution in [0, 0.1) is 10.8 Å². The number of amidine groups is 1. The average molecular weight is 589 g/mol. The molecule has 2 aromatic heterocycles. The summed E-state index contributed by atoms with van der Waals surface area (Å²) in [5.41, 5.74) is 4.61. The lowest BCUT2D eigenvalue weighted by atomic mass is 9.95. The van der Waals surface area contributed by atoms with E-state index in [2.05, 4.69) is 31.0 Å². The van der Waals surface area contributed by atoms with E-state index in [0.717, 1.165) is 17.5 Å². The fourth-order valence-corrected chi connectivity index (χ4v) is 6.83. The third-order valence-electron chi connectivity index (χ3n) is 4.09. The number of nitrogens with two attached hydrogens (primary N) is 1. The molecule has 0 aromatic carbocycles. The molecule has 0 saturated heterocycles. The van der Waals surface area contributed by atoms with E-state index in [1.54, 1.807) is 20.1 Å². The van der Waals surface area contributed by atoms with Gasteiger partial charge in [0.25, 0.3) is 0 Å². The Morgan fingerprint density at radius 3 is 2.52 bits per heavy atom. The molecule has 2 aromatic rings. The van der Waals surface area contributed by atoms with Crippen molar-refractivity contribution in [3.63, 3.8) is 0 Å². The number of thioether (sulfide) groups is 1. The smallest absolute Gasteiger partial charge is 0.458 e. The summed E-state index contributed by atoms with van der Waals surface area (Å²) in [5, 5.41) is 10.4. The van der Waals surface area contributed by atoms with Gasteiger partial charge in [-0.3, -0.25) is 5.41 Å². The minimum Gasteiger partial charge on any atom is -0.458 e. The molecular formula is C18H20BrF3N4O4S3. The summed E-state index contributed by atoms with van der Waals surface area (Å²) in [6.45, 7) is 2.77. The topological polar surface area (TPSA) is 135 Å². The van der Waals surface area contributed by atoms with Crippen molar-refractivity contribution in [3.05, 3.63) is 27.7 Å². The lowest BCUT2D eigenvalue weighted by Gasteiger charge is -2.25. The van der Waals surface area contributed by atoms with Crippen molar-refractivity contribution >= 4 is 66.5 Å². The van der Waals surface area contributed by atoms with Crippen molar-refractivity contribution in [2.24, 2.45) is 11.1 Å². The Morgan fingerprint density at radius 1 is 1.36 bits per heavy atom. The van der Waals surface area contributed by atoms with Gasteiger partial charge in [0.15, 0.2) is 0 Å². The summed E-state index contributed by atoms with van der Waals surface area (Å²) in [7, 11) is -3.96. The van der Waals surface area contributed by atoms with E-state index >= 15 is 0 Å². The molecule has 4 N–H and O–H groups in total. The third kappa shape index (κ3) is 6.83. The van der Waals surface area contributed by atoms with E-state index in [1.807, 2.05) is 0 Å². The maximum absolute atomic E-state index is 13.1. The quantitative estimate of drug-likeness (QED) is 0.171. The van der Waals surface area contributed by atoms with E-state index in [0.29, 0.717) is 13.6 Å². The first-order valence-corrected chi connectivity index (χ1v) is 13.3. The Labute approximate surface area is 205 Å². The van der Waals surface area contributed by atoms with Crippen LogP contribution in [0.5, 0.6) is 0 Å². The first-order chi connectivity index (χ1) is 15.1. The number of carbonyl (C=O) groups is 1. The van der Waals surface area contributed by atoms with E-state index in [1.165, 1.54) is 23.9 Å². The van der Waals surface area contributed by atoms with Crippen molar-refractivity contribution in [1.82, 2.24) is 4.98 Å². The number of esters is 1. The highest BCUT2D eigenvalue weighted by molar-refractivity contribution is 9.10. The van der Waals surface area contributed by atoms with E-state index in [-0.39, 0.29) is 28.0 Å². The predicted octanol–water partition coefficient (Wildman–Crippen LogP) is 4.29. The van der Waals surface area contributed by atoms with Gasteiger partial charge in [-0.15, -0.1) is 23.1 Å². The number of sulfone groups is 1. The van der Waals surface area contributed by atoms with Crippen molar-refractivity contribution < 1.29 is 31.1 Å². The van der Waals surface area contributed by atoms with Crippen molar-refractivity contribution in [1.29, 1.82) is 5.41 Å². The van der Waals surface area contributed by atoms with Crippen LogP contribution in [0.15, 0.2) is 36.8 Å². The number of nitrogens with one attached hydrogen (secondary N) is 2. The molecule has 2 heterocycles. The maximum atomic E-state index is 13.1. The molecular weight excluding hydrogens is 569 g/mol. The molecule has 0 aliphatic heterocycles. The Balaban J connectivity index is 2.18. The second kappa shape index (κ2) is 10.2. The summed E-state index contributed by atoms with van der Waals surface area (Å²) < 4.78 is 68.2. The van der Waals surface area contributed by atoms with Crippen LogP contribution in [0.4, 0.5) is 19.0 Å². The number of pyridine rings is 1. The molecule has 0 fully saturated rings. The van der Waals surface area contributed by atoms with Crippen LogP contribution in [0.2, 0.25) is 0 Å². The average Bonchev–Trinajstić information content (AvgIpc) is 3.16. The number of carbonyl (C=O) groups excluding carboxylic acids is 1. The Morgan fingerprint density at radius 2 is 2.00 bits per heavy atom. The fraction of sp³-hybridized carbons (Fsp3) is 0.389. The summed E-state index contributed by atoms with van der Waals surface area (Å²) in [5.74, 6) is -2.25. The van der Waals surface area contributed by atoms with Crippen LogP contribution in [-0.4, -0.2) is 50.8 Å². The van der Waals surface area contributed by atoms with Gasteiger partial charge in [0.05, 0.1) is 30.0 Å². The standard InChI is InChI=1S/C18H20BrF3N4O4S3/c1-17(2,8-30-16(27)18(20,21)22)7-26-14-10(19)4-9(6-25-14)33(28,29)12-5-11(13(23)24)32-15(12)31-3/h4-6H,7-8H2,1-3H3,(H3,23,24)(H,25,26). The highest BCUT2D eigenvalue weighted by Gasteiger charge is 2.41. The number of hydrogen-bond acceptors (Lipinski definition) is 9. The molecule has 0 radical (unpaired) electrons. The number of rotatable bonds is 9. The van der Waals surface area contributed by atoms with Gasteiger partial charge in [-0.05, 0) is 34.3 Å². The largest absolute Gasteiger partial charge is 0.490 e. The van der Waals surface area contributed by atoms with Gasteiger partial charge in [-0.2, -0.15) is 13.2 Å². The molecule has 0 amide bonds. The number of alkyl halides is 3. The first-order valence-electron chi connectivity index (χ1n) is 8.99. The molecule has 0 saturated carbocycles. The lowest BCUT2D eigenvalue weighted by Crippen LogP contribution is -2.34. The molecule has 0 atom stereocenters. The van der Waals surface area contributed by atoms with Gasteiger partial charge in [0.2, 0.25) is 9.84 Å². The van der Waals surface area contributed by atoms with Gasteiger partial charge in [0, 0.05) is 18.2 Å². The van der Waals surface area contributed by atoms with Gasteiger partial charge in [-0.1, -0.05) is 13.8 Å². The highest BCUT2D eigenvalue weighted by Crippen LogP contribution is 2.37. The number of nitrogen functional groups attached to an aromatic ring is 1. The van der Waals surface area contributed by atoms with Crippen molar-refractivity contribution in [3.8, 4) is 0 Å². The van der Waals surface area contributed by atoms with Gasteiger partial charge in [0.1, 0.15) is 11.7 Å². The second-order valence-corrected chi connectivity index (χ2v) is 12.4. The number of thiophene rings is 1. The number of aromatic nitrogens is 1. The normalized spacial score (nSPS) is 12.5. The zero-order chi connectivity index (χ0) is 25.2. The van der Waals surface area contributed by atoms with E-state index < -0.39 is 34.0 Å². The molecule has 15 heteroatoms. The first kappa shape index (κ1) is 27.4. The molecule has 33 heavy (non-hydrogen) atoms. The van der Waals surface area contributed by atoms with Gasteiger partial charge in [-0.25, -0.2) is 18.2 Å². The molecule has 182 valence electrons. The zero-order valence-electron chi connectivity index (χ0n) is 17.5. The molecule has 8 nitrogen and oxygen atoms in total. The van der Waals surface area contributed by atoms with Crippen LogP contribution < -0.4 is 11.1 Å². The summed E-state index contributed by atoms with van der Waals surface area (Å²) in [4.78, 5) is 15.3. The molecule has 0 unspecified atom stereocenters. The van der Waals surface area contributed by atoms with Crippen LogP contribution in [0.3, 0.4) is 0 Å². The Kier molecular flexibility index (Phi) is 8.46. The number of hydrogen-bond donors (Lipinski definition) is 3. The van der Waals surface area contributed by atoms with E-state index in [4.69, 9.17) is 11.1 Å². The number of anilines is 1. The number of nitrogens with zero attached hydrogens (tertiary/aromatic N) is 1. The van der Waals surface area contributed by atoms with Gasteiger partial charge >= 0.3 is 12.1 Å². The molecule has 0 bridgehead atoms. The van der Waals surface area contributed by atoms with Crippen molar-refractivity contribution in [2.45, 2.75) is 34.0 Å². The van der Waals surface area contributed by atoms with Crippen LogP contribution in [0.25, 0.3) is 0 Å². The third-order valence-corrected chi connectivity index (χ3v) is 9.00. The summed E-state index contributed by atoms with van der Waals surface area (Å²) >= 11 is 5.57. The van der Waals surface area contributed by atoms with Crippen LogP contribution in [-0.2, 0) is 19.4 Å². The Bertz CT molecular complexity index is 1170. The van der Waals surface area contributed by atoms with Crippen LogP contribution in [0.1, 0.15) is 18.7 Å². The molecule has 2 rings (SSSR count). The SMILES string of the molecule is CSc1sc(C(=N)N)cc1S(=O)(=O)c1cnc(NCC(C)(C)COC(=O)C(F)(F)F)c(Br)c1. The molecule has 0 spiro atoms. The van der Waals surface area contributed by atoms with Gasteiger partial charge < -0.3 is 15.8 Å². The monoisotopic (exact) mass is 588 g/mol. The van der Waals surface area contributed by atoms with Crippen molar-refractivity contribution in [2.75, 3.05) is 24.7 Å². The highest BCUT2D eigenvalue weighted by atomic mass is 79.9. The van der Waals surface area contributed by atoms with Crippen LogP contribution >= 0.6 is 39.0 Å². The zero-order valence-corrected chi connectivity index (χ0v) is 21.6. The second-order valence-electron chi connectivity index (χ2n) is 7.48. The number of halogens is 4. The minimum atomic E-state index is -5.07. The minimum absolute atomic E-state index is 0.0206. The summed E-state index contributed by atoms with van der Waals surface area (Å²) in [6, 6.07) is 2.69. The maximum Gasteiger partial charge on any atom is 0.490 e.